The summed E-state index contributed by atoms with van der Waals surface area (Å²) in [7, 11) is 0. The molecule has 23 rings (SSSR count). The molecule has 0 amide bonds. The number of hydrogen-bond acceptors (Lipinski definition) is 2. The summed E-state index contributed by atoms with van der Waals surface area (Å²) in [6.07, 6.45) is 9.57. The zero-order valence-corrected chi connectivity index (χ0v) is 36.5. The van der Waals surface area contributed by atoms with Gasteiger partial charge >= 0.3 is 33.9 Å². The van der Waals surface area contributed by atoms with Gasteiger partial charge in [-0.2, -0.15) is 9.13 Å². The lowest BCUT2D eigenvalue weighted by molar-refractivity contribution is -0.968. The number of hydrogen-bond donors (Lipinski definition) is 0. The van der Waals surface area contributed by atoms with Crippen LogP contribution in [0.1, 0.15) is 11.4 Å². The van der Waals surface area contributed by atoms with E-state index in [4.69, 9.17) is 9.97 Å². The van der Waals surface area contributed by atoms with Crippen LogP contribution in [0.25, 0.3) is 157 Å². The SMILES string of the molecule is C1=C2C=c3cccc4c3=[N+]2C23n5c1cc1cccc(c15)-c1ccc5c6nc7c8ccc9[n+]%10c8c8c(ccc%11[n+]8C%108n%10c(cc%12cccc-%11c%12%10)C=C%10C=c%11cccc-9c%11=[N+]%108)c7nc6c6ccc-4[n+]2c6c5[n+]13. The molecule has 10 aliphatic heterocycles. The number of para-hydroxylation sites is 4. The van der Waals surface area contributed by atoms with Crippen LogP contribution in [-0.2, 0) is 11.8 Å². The van der Waals surface area contributed by atoms with Crippen molar-refractivity contribution in [1.29, 1.82) is 0 Å². The van der Waals surface area contributed by atoms with E-state index in [1.54, 1.807) is 0 Å². The van der Waals surface area contributed by atoms with Gasteiger partial charge in [-0.05, 0) is 100 Å². The van der Waals surface area contributed by atoms with Gasteiger partial charge in [0, 0.05) is 59.3 Å². The lowest BCUT2D eigenvalue weighted by atomic mass is 10.0. The highest BCUT2D eigenvalue weighted by Crippen LogP contribution is 2.51. The molecule has 10 nitrogen and oxygen atoms in total. The Morgan fingerprint density at radius 2 is 0.743 bits per heavy atom. The van der Waals surface area contributed by atoms with E-state index in [0.717, 1.165) is 43.6 Å². The molecule has 310 valence electrons. The minimum absolute atomic E-state index is 0.774. The largest absolute Gasteiger partial charge is 0.667 e. The molecule has 0 aliphatic carbocycles. The van der Waals surface area contributed by atoms with Crippen molar-refractivity contribution in [3.05, 3.63) is 177 Å². The van der Waals surface area contributed by atoms with Crippen LogP contribution in [0, 0.1) is 0 Å². The number of nitrogens with zero attached hydrogens (tertiary/aromatic N) is 10. The fourth-order valence-corrected chi connectivity index (χ4v) is 16.4. The summed E-state index contributed by atoms with van der Waals surface area (Å²) in [6.45, 7) is 0. The first-order valence-corrected chi connectivity index (χ1v) is 24.3. The highest BCUT2D eigenvalue weighted by atomic mass is 15.6. The van der Waals surface area contributed by atoms with Crippen LogP contribution in [0.3, 0.4) is 0 Å². The normalized spacial score (nSPS) is 20.5. The Balaban J connectivity index is 0.954. The van der Waals surface area contributed by atoms with Gasteiger partial charge in [-0.3, -0.25) is 0 Å². The van der Waals surface area contributed by atoms with Crippen molar-refractivity contribution in [3.63, 3.8) is 0 Å². The van der Waals surface area contributed by atoms with Gasteiger partial charge in [0.1, 0.15) is 33.2 Å². The molecule has 7 aromatic heterocycles. The van der Waals surface area contributed by atoms with Gasteiger partial charge in [0.2, 0.25) is 44.9 Å². The molecule has 6 aromatic carbocycles. The number of fused-ring (bicyclic) bond motifs is 10. The van der Waals surface area contributed by atoms with Gasteiger partial charge in [-0.1, -0.05) is 36.4 Å². The molecule has 17 heterocycles. The van der Waals surface area contributed by atoms with Crippen molar-refractivity contribution in [3.8, 4) is 45.0 Å². The first-order chi connectivity index (χ1) is 34.7. The fourth-order valence-electron chi connectivity index (χ4n) is 16.4. The molecule has 10 aliphatic rings. The second kappa shape index (κ2) is 8.98. The van der Waals surface area contributed by atoms with Gasteiger partial charge in [0.05, 0.1) is 65.5 Å². The Bertz CT molecular complexity index is 5320. The zero-order chi connectivity index (χ0) is 43.9. The second-order valence-corrected chi connectivity index (χ2v) is 21.0. The first kappa shape index (κ1) is 31.4. The molecule has 0 radical (unpaired) electrons. The molecule has 0 N–H and O–H groups in total. The van der Waals surface area contributed by atoms with Crippen molar-refractivity contribution >= 4 is 112 Å². The number of rotatable bonds is 0. The van der Waals surface area contributed by atoms with Gasteiger partial charge in [0.25, 0.3) is 0 Å². The Labute approximate surface area is 390 Å². The van der Waals surface area contributed by atoms with E-state index in [0.29, 0.717) is 0 Å². The maximum absolute atomic E-state index is 6.03. The van der Waals surface area contributed by atoms with Crippen molar-refractivity contribution < 1.29 is 18.3 Å². The van der Waals surface area contributed by atoms with Gasteiger partial charge in [0.15, 0.2) is 0 Å². The lowest BCUT2D eigenvalue weighted by Gasteiger charge is -2.28. The summed E-state index contributed by atoms with van der Waals surface area (Å²) in [5.41, 5.74) is 25.6. The molecular weight excluding hydrogens is 861 g/mol. The van der Waals surface area contributed by atoms with Crippen LogP contribution in [-0.4, -0.2) is 19.1 Å². The molecule has 0 saturated heterocycles. The van der Waals surface area contributed by atoms with E-state index in [2.05, 4.69) is 194 Å². The number of benzene rings is 6. The minimum Gasteiger partial charge on any atom is -0.243 e. The third-order valence-corrected chi connectivity index (χ3v) is 18.4. The van der Waals surface area contributed by atoms with Crippen LogP contribution >= 0.6 is 0 Å². The summed E-state index contributed by atoms with van der Waals surface area (Å²) in [5.74, 6) is -1.55. The van der Waals surface area contributed by atoms with E-state index < -0.39 is 11.8 Å². The topological polar surface area (TPSA) is 57.2 Å². The van der Waals surface area contributed by atoms with Gasteiger partial charge in [-0.15, -0.1) is 0 Å². The van der Waals surface area contributed by atoms with Crippen LogP contribution in [0.2, 0.25) is 0 Å². The molecule has 2 spiro atoms. The molecule has 10 heteroatoms. The molecule has 0 saturated carbocycles. The number of allylic oxidation sites excluding steroid dienone is 2. The predicted molar refractivity (Wildman–Crippen MR) is 264 cm³/mol. The molecule has 0 fully saturated rings. The van der Waals surface area contributed by atoms with E-state index in [-0.39, 0.29) is 0 Å². The van der Waals surface area contributed by atoms with Crippen molar-refractivity contribution in [2.24, 2.45) is 0 Å². The van der Waals surface area contributed by atoms with E-state index in [1.165, 1.54) is 133 Å². The van der Waals surface area contributed by atoms with Gasteiger partial charge in [-0.25, -0.2) is 9.97 Å². The van der Waals surface area contributed by atoms with Crippen LogP contribution in [0.15, 0.2) is 145 Å². The summed E-state index contributed by atoms with van der Waals surface area (Å²) >= 11 is 0. The predicted octanol–water partition coefficient (Wildman–Crippen LogP) is 5.01. The van der Waals surface area contributed by atoms with Crippen molar-refractivity contribution in [1.82, 2.24) is 28.3 Å². The molecule has 0 bridgehead atoms. The maximum Gasteiger partial charge on any atom is 0.667 e. The average Bonchev–Trinajstić information content (AvgIpc) is 4.26. The molecular formula is C60H26N10+6. The highest BCUT2D eigenvalue weighted by Gasteiger charge is 2.80. The third-order valence-electron chi connectivity index (χ3n) is 18.4. The van der Waals surface area contributed by atoms with Crippen molar-refractivity contribution in [2.75, 3.05) is 0 Å². The number of aromatic nitrogens is 8. The summed E-state index contributed by atoms with van der Waals surface area (Å²) in [5, 5.41) is 12.0. The second-order valence-electron chi connectivity index (χ2n) is 21.0. The van der Waals surface area contributed by atoms with E-state index >= 15 is 0 Å². The highest BCUT2D eigenvalue weighted by molar-refractivity contribution is 6.25. The van der Waals surface area contributed by atoms with E-state index in [1.807, 2.05) is 0 Å². The van der Waals surface area contributed by atoms with Crippen LogP contribution in [0.4, 0.5) is 0 Å². The minimum atomic E-state index is -0.774. The smallest absolute Gasteiger partial charge is 0.243 e. The Hall–Kier alpha value is -9.54. The van der Waals surface area contributed by atoms with Crippen molar-refractivity contribution in [2.45, 2.75) is 11.8 Å². The molecule has 13 aromatic rings. The Kier molecular flexibility index (Phi) is 4.03. The third kappa shape index (κ3) is 2.56. The number of pyridine rings is 4. The Morgan fingerprint density at radius 3 is 1.16 bits per heavy atom. The zero-order valence-electron chi connectivity index (χ0n) is 36.5. The van der Waals surface area contributed by atoms with Crippen LogP contribution in [0.5, 0.6) is 0 Å². The van der Waals surface area contributed by atoms with Crippen LogP contribution < -0.4 is 48.6 Å². The molecule has 2 atom stereocenters. The molecule has 2 unspecified atom stereocenters. The monoisotopic (exact) mass is 886 g/mol. The summed E-state index contributed by atoms with van der Waals surface area (Å²) < 4.78 is 21.2. The summed E-state index contributed by atoms with van der Waals surface area (Å²) in [4.78, 5) is 12.1. The Morgan fingerprint density at radius 1 is 0.371 bits per heavy atom. The average molecular weight is 887 g/mol. The van der Waals surface area contributed by atoms with E-state index in [9.17, 15) is 0 Å². The summed E-state index contributed by atoms with van der Waals surface area (Å²) in [6, 6.07) is 50.9. The fraction of sp³-hybridized carbons (Fsp3) is 0.0333. The standard InChI is InChI=1S/C60H26N10/c1-5-27-21-31-25-32-22-28-6-2-10-36-44-18-14-40-48-47(39-13-17-43-35(9-1)51(27)63(31)59(64(32)52(28)36)67(43)55(39)56(40)68(44)59)61-49-41-15-19-45-37-11-3-7-29-23-33-26-34-24-30-8-4-12-38-46-20-16-42(50(49)62-48)58-57(41)69(45)60(70(46)58,65(33)53(29)37)66(34)54(30)38/h1-26H/q+6. The maximum atomic E-state index is 6.03. The first-order valence-electron chi connectivity index (χ1n) is 24.3. The lowest BCUT2D eigenvalue weighted by Crippen LogP contribution is -2.85. The quantitative estimate of drug-likeness (QED) is 0.122. The van der Waals surface area contributed by atoms with Gasteiger partial charge < -0.3 is 0 Å². The molecule has 70 heavy (non-hydrogen) atoms.